The smallest absolute Gasteiger partial charge is 0.309 e. The molecule has 1 aromatic rings. The first-order valence-electron chi connectivity index (χ1n) is 6.30. The molecule has 0 aliphatic carbocycles. The topological polar surface area (TPSA) is 61.2 Å². The van der Waals surface area contributed by atoms with Crippen LogP contribution in [0, 0.1) is 5.92 Å². The predicted molar refractivity (Wildman–Crippen MR) is 66.7 cm³/mol. The SMILES string of the molecule is CC(=O)Oc1nc(CC(C)C)c(=O)n2c1CCC2. The second kappa shape index (κ2) is 4.92. The molecule has 1 aromatic heterocycles. The molecular weight excluding hydrogens is 232 g/mol. The van der Waals surface area contributed by atoms with Gasteiger partial charge in [-0.05, 0) is 25.2 Å². The number of aromatic nitrogens is 2. The third-order valence-electron chi connectivity index (χ3n) is 2.94. The van der Waals surface area contributed by atoms with Gasteiger partial charge in [-0.1, -0.05) is 13.8 Å². The van der Waals surface area contributed by atoms with Crippen molar-refractivity contribution in [3.8, 4) is 5.88 Å². The highest BCUT2D eigenvalue weighted by Gasteiger charge is 2.22. The molecule has 5 nitrogen and oxygen atoms in total. The number of hydrogen-bond acceptors (Lipinski definition) is 4. The molecule has 1 aliphatic heterocycles. The van der Waals surface area contributed by atoms with Gasteiger partial charge in [-0.2, -0.15) is 0 Å². The Morgan fingerprint density at radius 3 is 2.83 bits per heavy atom. The predicted octanol–water partition coefficient (Wildman–Crippen LogP) is 1.31. The fraction of sp³-hybridized carbons (Fsp3) is 0.615. The molecule has 0 fully saturated rings. The second-order valence-electron chi connectivity index (χ2n) is 5.06. The van der Waals surface area contributed by atoms with Gasteiger partial charge in [0.1, 0.15) is 5.69 Å². The van der Waals surface area contributed by atoms with Crippen LogP contribution in [0.15, 0.2) is 4.79 Å². The summed E-state index contributed by atoms with van der Waals surface area (Å²) in [4.78, 5) is 27.5. The molecule has 0 unspecified atom stereocenters. The van der Waals surface area contributed by atoms with Crippen molar-refractivity contribution in [3.63, 3.8) is 0 Å². The molecule has 0 spiro atoms. The fourth-order valence-electron chi connectivity index (χ4n) is 2.25. The first kappa shape index (κ1) is 12.8. The number of rotatable bonds is 3. The molecule has 0 saturated carbocycles. The lowest BCUT2D eigenvalue weighted by Gasteiger charge is -2.12. The maximum atomic E-state index is 12.2. The van der Waals surface area contributed by atoms with Crippen LogP contribution in [-0.4, -0.2) is 15.5 Å². The lowest BCUT2D eigenvalue weighted by molar-refractivity contribution is -0.132. The Morgan fingerprint density at radius 2 is 2.22 bits per heavy atom. The molecule has 0 amide bonds. The monoisotopic (exact) mass is 250 g/mol. The van der Waals surface area contributed by atoms with Crippen molar-refractivity contribution in [2.45, 2.75) is 46.6 Å². The van der Waals surface area contributed by atoms with E-state index in [1.807, 2.05) is 13.8 Å². The summed E-state index contributed by atoms with van der Waals surface area (Å²) in [6.07, 6.45) is 2.25. The fourth-order valence-corrected chi connectivity index (χ4v) is 2.25. The van der Waals surface area contributed by atoms with Crippen LogP contribution in [0.25, 0.3) is 0 Å². The van der Waals surface area contributed by atoms with Crippen LogP contribution in [0.5, 0.6) is 5.88 Å². The Kier molecular flexibility index (Phi) is 3.50. The number of fused-ring (bicyclic) bond motifs is 1. The molecule has 98 valence electrons. The van der Waals surface area contributed by atoms with Gasteiger partial charge in [0.15, 0.2) is 0 Å². The highest BCUT2D eigenvalue weighted by Crippen LogP contribution is 2.22. The van der Waals surface area contributed by atoms with E-state index in [1.54, 1.807) is 4.57 Å². The second-order valence-corrected chi connectivity index (χ2v) is 5.06. The molecular formula is C13H18N2O3. The van der Waals surface area contributed by atoms with E-state index in [0.29, 0.717) is 30.5 Å². The first-order chi connectivity index (χ1) is 8.49. The minimum Gasteiger partial charge on any atom is -0.406 e. The highest BCUT2D eigenvalue weighted by atomic mass is 16.5. The summed E-state index contributed by atoms with van der Waals surface area (Å²) in [6, 6.07) is 0. The van der Waals surface area contributed by atoms with Gasteiger partial charge >= 0.3 is 5.97 Å². The molecule has 2 rings (SSSR count). The standard InChI is InChI=1S/C13H18N2O3/c1-8(2)7-10-13(17)15-6-4-5-11(15)12(14-10)18-9(3)16/h8H,4-7H2,1-3H3. The van der Waals surface area contributed by atoms with Gasteiger partial charge in [-0.25, -0.2) is 4.98 Å². The minimum absolute atomic E-state index is 0.0351. The molecule has 1 aliphatic rings. The van der Waals surface area contributed by atoms with Crippen molar-refractivity contribution < 1.29 is 9.53 Å². The van der Waals surface area contributed by atoms with Crippen LogP contribution in [0.4, 0.5) is 0 Å². The lowest BCUT2D eigenvalue weighted by Crippen LogP contribution is -2.27. The third-order valence-corrected chi connectivity index (χ3v) is 2.94. The van der Waals surface area contributed by atoms with E-state index in [2.05, 4.69) is 4.98 Å². The van der Waals surface area contributed by atoms with Crippen molar-refractivity contribution in [2.24, 2.45) is 5.92 Å². The van der Waals surface area contributed by atoms with Crippen LogP contribution < -0.4 is 10.3 Å². The summed E-state index contributed by atoms with van der Waals surface area (Å²) in [5.41, 5.74) is 1.21. The quantitative estimate of drug-likeness (QED) is 0.759. The summed E-state index contributed by atoms with van der Waals surface area (Å²) < 4.78 is 6.82. The number of nitrogens with zero attached hydrogens (tertiary/aromatic N) is 2. The highest BCUT2D eigenvalue weighted by molar-refractivity contribution is 5.69. The van der Waals surface area contributed by atoms with E-state index in [9.17, 15) is 9.59 Å². The number of esters is 1. The number of carbonyl (C=O) groups is 1. The number of carbonyl (C=O) groups excluding carboxylic acids is 1. The molecule has 0 bridgehead atoms. The van der Waals surface area contributed by atoms with Crippen LogP contribution in [0.2, 0.25) is 0 Å². The molecule has 0 aromatic carbocycles. The van der Waals surface area contributed by atoms with Crippen molar-refractivity contribution in [2.75, 3.05) is 0 Å². The molecule has 18 heavy (non-hydrogen) atoms. The Hall–Kier alpha value is -1.65. The van der Waals surface area contributed by atoms with Crippen LogP contribution in [-0.2, 0) is 24.2 Å². The van der Waals surface area contributed by atoms with E-state index in [0.717, 1.165) is 18.5 Å². The molecule has 2 heterocycles. The zero-order valence-corrected chi connectivity index (χ0v) is 11.0. The minimum atomic E-state index is -0.397. The van der Waals surface area contributed by atoms with E-state index < -0.39 is 5.97 Å². The summed E-state index contributed by atoms with van der Waals surface area (Å²) >= 11 is 0. The average Bonchev–Trinajstić information content (AvgIpc) is 2.72. The summed E-state index contributed by atoms with van der Waals surface area (Å²) in [5, 5.41) is 0. The van der Waals surface area contributed by atoms with E-state index in [1.165, 1.54) is 6.92 Å². The van der Waals surface area contributed by atoms with E-state index in [-0.39, 0.29) is 5.56 Å². The van der Waals surface area contributed by atoms with Gasteiger partial charge in [0.05, 0.1) is 5.69 Å². The summed E-state index contributed by atoms with van der Waals surface area (Å²) in [5.74, 6) is 0.261. The zero-order chi connectivity index (χ0) is 13.3. The van der Waals surface area contributed by atoms with E-state index >= 15 is 0 Å². The van der Waals surface area contributed by atoms with Crippen molar-refractivity contribution >= 4 is 5.97 Å². The largest absolute Gasteiger partial charge is 0.406 e. The van der Waals surface area contributed by atoms with Gasteiger partial charge in [0, 0.05) is 13.5 Å². The van der Waals surface area contributed by atoms with E-state index in [4.69, 9.17) is 4.74 Å². The van der Waals surface area contributed by atoms with Gasteiger partial charge in [0.25, 0.3) is 5.56 Å². The zero-order valence-electron chi connectivity index (χ0n) is 11.0. The molecule has 0 atom stereocenters. The number of ether oxygens (including phenoxy) is 1. The van der Waals surface area contributed by atoms with Gasteiger partial charge in [0.2, 0.25) is 5.88 Å². The first-order valence-corrected chi connectivity index (χ1v) is 6.30. The normalized spacial score (nSPS) is 13.8. The molecule has 0 saturated heterocycles. The molecule has 0 N–H and O–H groups in total. The Labute approximate surface area is 106 Å². The maximum absolute atomic E-state index is 12.2. The Morgan fingerprint density at radius 1 is 1.50 bits per heavy atom. The van der Waals surface area contributed by atoms with Gasteiger partial charge in [-0.3, -0.25) is 9.59 Å². The van der Waals surface area contributed by atoms with Crippen molar-refractivity contribution in [1.82, 2.24) is 9.55 Å². The summed E-state index contributed by atoms with van der Waals surface area (Å²) in [7, 11) is 0. The summed E-state index contributed by atoms with van der Waals surface area (Å²) in [6.45, 7) is 6.10. The van der Waals surface area contributed by atoms with Crippen LogP contribution >= 0.6 is 0 Å². The average molecular weight is 250 g/mol. The molecule has 0 radical (unpaired) electrons. The maximum Gasteiger partial charge on any atom is 0.309 e. The van der Waals surface area contributed by atoms with Crippen molar-refractivity contribution in [1.29, 1.82) is 0 Å². The van der Waals surface area contributed by atoms with Gasteiger partial charge in [-0.15, -0.1) is 0 Å². The van der Waals surface area contributed by atoms with Gasteiger partial charge < -0.3 is 9.30 Å². The Balaban J connectivity index is 2.50. The number of hydrogen-bond donors (Lipinski definition) is 0. The van der Waals surface area contributed by atoms with Crippen LogP contribution in [0.1, 0.15) is 38.6 Å². The third kappa shape index (κ3) is 2.44. The van der Waals surface area contributed by atoms with Crippen LogP contribution in [0.3, 0.4) is 0 Å². The Bertz CT molecular complexity index is 532. The van der Waals surface area contributed by atoms with Crippen molar-refractivity contribution in [3.05, 3.63) is 21.7 Å². The lowest BCUT2D eigenvalue weighted by atomic mass is 10.1. The molecule has 5 heteroatoms.